The van der Waals surface area contributed by atoms with Crippen LogP contribution < -0.4 is 10.6 Å². The average Bonchev–Trinajstić information content (AvgIpc) is 3.41. The average molecular weight is 532 g/mol. The van der Waals surface area contributed by atoms with Crippen molar-refractivity contribution in [3.8, 4) is 0 Å². The summed E-state index contributed by atoms with van der Waals surface area (Å²) in [5.41, 5.74) is 5.01. The van der Waals surface area contributed by atoms with E-state index in [-0.39, 0.29) is 24.1 Å². The Balaban J connectivity index is 1.10. The summed E-state index contributed by atoms with van der Waals surface area (Å²) in [6.07, 6.45) is 4.62. The molecule has 6 nitrogen and oxygen atoms in total. The first kappa shape index (κ1) is 25.6. The second-order valence-electron chi connectivity index (χ2n) is 12.3. The van der Waals surface area contributed by atoms with E-state index in [2.05, 4.69) is 61.7 Å². The van der Waals surface area contributed by atoms with Crippen LogP contribution in [0.5, 0.6) is 0 Å². The van der Waals surface area contributed by atoms with Gasteiger partial charge in [-0.1, -0.05) is 51.1 Å². The van der Waals surface area contributed by atoms with Gasteiger partial charge in [0.05, 0.1) is 0 Å². The van der Waals surface area contributed by atoms with E-state index in [1.54, 1.807) is 16.7 Å². The number of fused-ring (bicyclic) bond motifs is 3. The molecule has 4 atom stereocenters. The van der Waals surface area contributed by atoms with Crippen LogP contribution in [0.15, 0.2) is 47.4 Å². The molecule has 2 saturated carbocycles. The van der Waals surface area contributed by atoms with Crippen molar-refractivity contribution >= 4 is 29.5 Å². The lowest BCUT2D eigenvalue weighted by Gasteiger charge is -2.39. The summed E-state index contributed by atoms with van der Waals surface area (Å²) in [5.74, 6) is 0.885. The van der Waals surface area contributed by atoms with Crippen molar-refractivity contribution in [2.45, 2.75) is 88.7 Å². The van der Waals surface area contributed by atoms with Gasteiger partial charge in [-0.3, -0.25) is 19.7 Å². The maximum absolute atomic E-state index is 13.1. The first-order valence-corrected chi connectivity index (χ1v) is 14.9. The van der Waals surface area contributed by atoms with E-state index in [0.717, 1.165) is 28.7 Å². The van der Waals surface area contributed by atoms with Gasteiger partial charge in [0, 0.05) is 41.8 Å². The van der Waals surface area contributed by atoms with Gasteiger partial charge in [0.2, 0.25) is 11.8 Å². The molecule has 2 bridgehead atoms. The van der Waals surface area contributed by atoms with E-state index in [0.29, 0.717) is 35.4 Å². The maximum Gasteiger partial charge on any atom is 0.255 e. The Bertz CT molecular complexity index is 1310. The third-order valence-electron chi connectivity index (χ3n) is 10.3. The standard InChI is InChI=1S/C31H37N3O3S/c1-30(2)21-12-13-31(30,3)26(15-21)32-16-19-6-4-7-20(14-19)18-38-25-9-5-8-22-23(25)17-34(29(22)37)24-10-11-27(35)33-28(24)36/h4-9,14,21,24,26,32H,10-13,15-18H2,1-3H3,(H,33,35,36)/t21?,24?,26-,31-/m0/s1. The molecule has 2 aromatic rings. The van der Waals surface area contributed by atoms with Crippen LogP contribution in [0, 0.1) is 16.7 Å². The van der Waals surface area contributed by atoms with E-state index in [9.17, 15) is 14.4 Å². The van der Waals surface area contributed by atoms with Gasteiger partial charge < -0.3 is 10.2 Å². The predicted molar refractivity (Wildman–Crippen MR) is 148 cm³/mol. The monoisotopic (exact) mass is 531 g/mol. The predicted octanol–water partition coefficient (Wildman–Crippen LogP) is 5.04. The van der Waals surface area contributed by atoms with Crippen LogP contribution in [0.1, 0.15) is 79.9 Å². The van der Waals surface area contributed by atoms with Crippen LogP contribution in [0.2, 0.25) is 0 Å². The maximum atomic E-state index is 13.1. The van der Waals surface area contributed by atoms with Crippen molar-refractivity contribution < 1.29 is 14.4 Å². The molecule has 200 valence electrons. The summed E-state index contributed by atoms with van der Waals surface area (Å²) in [5, 5.41) is 6.28. The second kappa shape index (κ2) is 9.53. The third kappa shape index (κ3) is 4.19. The molecule has 2 aliphatic heterocycles. The van der Waals surface area contributed by atoms with Gasteiger partial charge in [-0.25, -0.2) is 0 Å². The normalized spacial score (nSPS) is 29.6. The number of thioether (sulfide) groups is 1. The quantitative estimate of drug-likeness (QED) is 0.386. The minimum absolute atomic E-state index is 0.123. The molecule has 2 aromatic carbocycles. The molecular weight excluding hydrogens is 494 g/mol. The lowest BCUT2D eigenvalue weighted by Crippen LogP contribution is -2.52. The first-order chi connectivity index (χ1) is 18.2. The molecule has 3 fully saturated rings. The highest BCUT2D eigenvalue weighted by molar-refractivity contribution is 7.98. The number of rotatable bonds is 7. The minimum atomic E-state index is -0.586. The summed E-state index contributed by atoms with van der Waals surface area (Å²) < 4.78 is 0. The molecule has 7 heteroatoms. The SMILES string of the molecule is CC1(C)C2CC[C@@]1(C)[C@@H](NCc1cccc(CSc3cccc4c3CN(C3CCC(=O)NC3=O)C4=O)c1)C2. The van der Waals surface area contributed by atoms with Crippen molar-refractivity contribution in [3.63, 3.8) is 0 Å². The fourth-order valence-corrected chi connectivity index (χ4v) is 8.46. The number of piperidine rings is 1. The van der Waals surface area contributed by atoms with E-state index in [4.69, 9.17) is 0 Å². The topological polar surface area (TPSA) is 78.5 Å². The summed E-state index contributed by atoms with van der Waals surface area (Å²) in [6.45, 7) is 8.70. The molecular formula is C31H37N3O3S. The van der Waals surface area contributed by atoms with Crippen molar-refractivity contribution in [2.24, 2.45) is 16.7 Å². The Morgan fingerprint density at radius 1 is 1.05 bits per heavy atom. The number of nitrogens with zero attached hydrogens (tertiary/aromatic N) is 1. The molecule has 1 saturated heterocycles. The van der Waals surface area contributed by atoms with Gasteiger partial charge in [-0.2, -0.15) is 0 Å². The van der Waals surface area contributed by atoms with Gasteiger partial charge in [0.15, 0.2) is 0 Å². The van der Waals surface area contributed by atoms with Crippen LogP contribution >= 0.6 is 11.8 Å². The highest BCUT2D eigenvalue weighted by atomic mass is 32.2. The number of hydrogen-bond donors (Lipinski definition) is 2. The van der Waals surface area contributed by atoms with Gasteiger partial charge in [0.25, 0.3) is 5.91 Å². The zero-order valence-corrected chi connectivity index (χ0v) is 23.3. The summed E-state index contributed by atoms with van der Waals surface area (Å²) in [6, 6.07) is 14.6. The van der Waals surface area contributed by atoms with Crippen molar-refractivity contribution in [1.29, 1.82) is 0 Å². The minimum Gasteiger partial charge on any atom is -0.322 e. The van der Waals surface area contributed by atoms with Crippen molar-refractivity contribution in [3.05, 3.63) is 64.7 Å². The lowest BCUT2D eigenvalue weighted by molar-refractivity contribution is -0.136. The summed E-state index contributed by atoms with van der Waals surface area (Å²) in [7, 11) is 0. The van der Waals surface area contributed by atoms with Gasteiger partial charge in [-0.05, 0) is 71.3 Å². The van der Waals surface area contributed by atoms with Crippen LogP contribution in [-0.2, 0) is 28.4 Å². The van der Waals surface area contributed by atoms with E-state index in [1.807, 2.05) is 12.1 Å². The van der Waals surface area contributed by atoms with E-state index >= 15 is 0 Å². The van der Waals surface area contributed by atoms with Gasteiger partial charge >= 0.3 is 0 Å². The molecule has 2 unspecified atom stereocenters. The molecule has 2 aliphatic carbocycles. The van der Waals surface area contributed by atoms with Crippen LogP contribution in [0.3, 0.4) is 0 Å². The molecule has 0 radical (unpaired) electrons. The second-order valence-corrected chi connectivity index (χ2v) is 13.4. The third-order valence-corrected chi connectivity index (χ3v) is 11.4. The Kier molecular flexibility index (Phi) is 6.42. The van der Waals surface area contributed by atoms with Crippen molar-refractivity contribution in [1.82, 2.24) is 15.5 Å². The van der Waals surface area contributed by atoms with Crippen LogP contribution in [-0.4, -0.2) is 34.7 Å². The van der Waals surface area contributed by atoms with E-state index < -0.39 is 6.04 Å². The number of carbonyl (C=O) groups is 3. The van der Waals surface area contributed by atoms with Gasteiger partial charge in [-0.15, -0.1) is 11.8 Å². The molecule has 6 rings (SSSR count). The highest BCUT2D eigenvalue weighted by Gasteiger charge is 2.60. The number of carbonyl (C=O) groups excluding carboxylic acids is 3. The number of amides is 3. The van der Waals surface area contributed by atoms with Gasteiger partial charge in [0.1, 0.15) is 6.04 Å². The fraction of sp³-hybridized carbons (Fsp3) is 0.516. The zero-order valence-electron chi connectivity index (χ0n) is 22.5. The molecule has 2 N–H and O–H groups in total. The Hall–Kier alpha value is -2.64. The Morgan fingerprint density at radius 3 is 2.58 bits per heavy atom. The zero-order chi connectivity index (χ0) is 26.7. The molecule has 0 aromatic heterocycles. The van der Waals surface area contributed by atoms with Crippen LogP contribution in [0.4, 0.5) is 0 Å². The molecule has 38 heavy (non-hydrogen) atoms. The molecule has 4 aliphatic rings. The van der Waals surface area contributed by atoms with Crippen LogP contribution in [0.25, 0.3) is 0 Å². The molecule has 3 amide bonds. The number of imide groups is 1. The summed E-state index contributed by atoms with van der Waals surface area (Å²) >= 11 is 1.74. The first-order valence-electron chi connectivity index (χ1n) is 13.9. The molecule has 0 spiro atoms. The lowest BCUT2D eigenvalue weighted by atomic mass is 9.69. The number of hydrogen-bond acceptors (Lipinski definition) is 5. The number of benzene rings is 2. The largest absolute Gasteiger partial charge is 0.322 e. The fourth-order valence-electron chi connectivity index (χ4n) is 7.44. The Morgan fingerprint density at radius 2 is 1.84 bits per heavy atom. The number of nitrogens with one attached hydrogen (secondary N) is 2. The van der Waals surface area contributed by atoms with Crippen molar-refractivity contribution in [2.75, 3.05) is 0 Å². The summed E-state index contributed by atoms with van der Waals surface area (Å²) in [4.78, 5) is 39.8. The smallest absolute Gasteiger partial charge is 0.255 e. The molecule has 2 heterocycles. The Labute approximate surface area is 229 Å². The highest BCUT2D eigenvalue weighted by Crippen LogP contribution is 2.65. The van der Waals surface area contributed by atoms with E-state index in [1.165, 1.54) is 30.4 Å².